The molecule has 0 aliphatic rings. The number of ether oxygens (including phenoxy) is 3. The number of hydrogen-bond donors (Lipinski definition) is 1. The van der Waals surface area contributed by atoms with Crippen LogP contribution in [-0.2, 0) is 9.53 Å². The van der Waals surface area contributed by atoms with Crippen molar-refractivity contribution in [3.63, 3.8) is 0 Å². The van der Waals surface area contributed by atoms with E-state index in [1.54, 1.807) is 49.4 Å². The molecule has 33 heavy (non-hydrogen) atoms. The van der Waals surface area contributed by atoms with Gasteiger partial charge in [-0.05, 0) is 36.8 Å². The Morgan fingerprint density at radius 2 is 1.64 bits per heavy atom. The van der Waals surface area contributed by atoms with Gasteiger partial charge in [0.15, 0.2) is 11.5 Å². The van der Waals surface area contributed by atoms with Crippen LogP contribution in [0.4, 0.5) is 11.4 Å². The lowest BCUT2D eigenvalue weighted by molar-refractivity contribution is -0.384. The normalized spacial score (nSPS) is 11.2. The van der Waals surface area contributed by atoms with Gasteiger partial charge < -0.3 is 19.5 Å². The van der Waals surface area contributed by atoms with Gasteiger partial charge in [-0.3, -0.25) is 14.9 Å². The Labute approximate surface area is 190 Å². The molecule has 3 aromatic carbocycles. The number of aryl methyl sites for hydroxylation is 1. The summed E-state index contributed by atoms with van der Waals surface area (Å²) in [5, 5.41) is 13.9. The third-order valence-corrected chi connectivity index (χ3v) is 4.79. The van der Waals surface area contributed by atoms with Crippen LogP contribution in [0.5, 0.6) is 11.5 Å². The number of carbonyl (C=O) groups excluding carboxylic acids is 2. The van der Waals surface area contributed by atoms with Crippen LogP contribution >= 0.6 is 0 Å². The molecule has 3 rings (SSSR count). The van der Waals surface area contributed by atoms with Crippen molar-refractivity contribution in [2.75, 3.05) is 19.5 Å². The van der Waals surface area contributed by atoms with Gasteiger partial charge in [-0.1, -0.05) is 36.4 Å². The Kier molecular flexibility index (Phi) is 7.24. The monoisotopic (exact) mass is 450 g/mol. The summed E-state index contributed by atoms with van der Waals surface area (Å²) in [5.41, 5.74) is 0.945. The first-order valence-electron chi connectivity index (χ1n) is 9.88. The van der Waals surface area contributed by atoms with Gasteiger partial charge in [-0.15, -0.1) is 0 Å². The quantitative estimate of drug-likeness (QED) is 0.306. The Balaban J connectivity index is 1.91. The molecule has 170 valence electrons. The molecule has 0 heterocycles. The van der Waals surface area contributed by atoms with Crippen LogP contribution in [0.3, 0.4) is 0 Å². The van der Waals surface area contributed by atoms with Crippen molar-refractivity contribution in [2.45, 2.75) is 13.0 Å². The van der Waals surface area contributed by atoms with Gasteiger partial charge in [0.25, 0.3) is 11.6 Å². The standard InChI is InChI=1S/C24H22N2O7/c1-15-9-11-18(19(13-15)26(29)30)25-23(27)22(16-7-5-4-6-8-16)33-24(28)17-10-12-20(31-2)21(14-17)32-3/h4-14,22H,1-3H3,(H,25,27). The molecule has 9 heteroatoms. The molecule has 0 aliphatic heterocycles. The molecule has 0 saturated carbocycles. The van der Waals surface area contributed by atoms with Crippen molar-refractivity contribution in [1.29, 1.82) is 0 Å². The molecule has 0 spiro atoms. The summed E-state index contributed by atoms with van der Waals surface area (Å²) in [6.45, 7) is 1.70. The maximum atomic E-state index is 13.1. The van der Waals surface area contributed by atoms with Crippen molar-refractivity contribution in [2.24, 2.45) is 0 Å². The van der Waals surface area contributed by atoms with Crippen molar-refractivity contribution in [1.82, 2.24) is 0 Å². The van der Waals surface area contributed by atoms with E-state index in [9.17, 15) is 19.7 Å². The second-order valence-corrected chi connectivity index (χ2v) is 7.03. The summed E-state index contributed by atoms with van der Waals surface area (Å²) in [6.07, 6.45) is -1.35. The van der Waals surface area contributed by atoms with Crippen molar-refractivity contribution in [3.8, 4) is 11.5 Å². The van der Waals surface area contributed by atoms with Crippen LogP contribution in [0.15, 0.2) is 66.7 Å². The van der Waals surface area contributed by atoms with Crippen LogP contribution in [-0.4, -0.2) is 31.0 Å². The van der Waals surface area contributed by atoms with Crippen LogP contribution < -0.4 is 14.8 Å². The summed E-state index contributed by atoms with van der Waals surface area (Å²) in [6, 6.07) is 17.2. The number of nitro groups is 1. The van der Waals surface area contributed by atoms with Gasteiger partial charge in [0.2, 0.25) is 6.10 Å². The Hall–Kier alpha value is -4.40. The fourth-order valence-electron chi connectivity index (χ4n) is 3.14. The molecule has 1 atom stereocenters. The van der Waals surface area contributed by atoms with E-state index in [0.29, 0.717) is 22.6 Å². The summed E-state index contributed by atoms with van der Waals surface area (Å²) < 4.78 is 15.9. The minimum Gasteiger partial charge on any atom is -0.493 e. The number of methoxy groups -OCH3 is 2. The van der Waals surface area contributed by atoms with Crippen LogP contribution in [0.1, 0.15) is 27.6 Å². The minimum absolute atomic E-state index is 0.00121. The number of carbonyl (C=O) groups is 2. The molecule has 1 N–H and O–H groups in total. The molecular formula is C24H22N2O7. The van der Waals surface area contributed by atoms with Crippen LogP contribution in [0.25, 0.3) is 0 Å². The zero-order valence-corrected chi connectivity index (χ0v) is 18.2. The number of anilines is 1. The van der Waals surface area contributed by atoms with E-state index in [1.807, 2.05) is 0 Å². The smallest absolute Gasteiger partial charge is 0.339 e. The molecule has 0 saturated heterocycles. The average molecular weight is 450 g/mol. The van der Waals surface area contributed by atoms with Gasteiger partial charge in [0.05, 0.1) is 24.7 Å². The fraction of sp³-hybridized carbons (Fsp3) is 0.167. The van der Waals surface area contributed by atoms with Crippen molar-refractivity contribution in [3.05, 3.63) is 93.5 Å². The lowest BCUT2D eigenvalue weighted by atomic mass is 10.1. The zero-order chi connectivity index (χ0) is 24.0. The number of benzene rings is 3. The molecular weight excluding hydrogens is 428 g/mol. The predicted molar refractivity (Wildman–Crippen MR) is 121 cm³/mol. The Bertz CT molecular complexity index is 1180. The number of amides is 1. The predicted octanol–water partition coefficient (Wildman–Crippen LogP) is 4.46. The van der Waals surface area contributed by atoms with E-state index >= 15 is 0 Å². The van der Waals surface area contributed by atoms with Gasteiger partial charge in [-0.25, -0.2) is 4.79 Å². The first-order valence-corrected chi connectivity index (χ1v) is 9.88. The van der Waals surface area contributed by atoms with E-state index < -0.39 is 22.9 Å². The molecule has 0 fully saturated rings. The Morgan fingerprint density at radius 1 is 0.939 bits per heavy atom. The van der Waals surface area contributed by atoms with Crippen molar-refractivity contribution < 1.29 is 28.7 Å². The van der Waals surface area contributed by atoms with Crippen LogP contribution in [0, 0.1) is 17.0 Å². The summed E-state index contributed by atoms with van der Waals surface area (Å²) >= 11 is 0. The molecule has 0 aliphatic carbocycles. The number of nitro benzene ring substituents is 1. The van der Waals surface area contributed by atoms with Gasteiger partial charge in [0, 0.05) is 11.6 Å². The highest BCUT2D eigenvalue weighted by atomic mass is 16.6. The summed E-state index contributed by atoms with van der Waals surface area (Å²) in [7, 11) is 2.90. The third-order valence-electron chi connectivity index (χ3n) is 4.79. The molecule has 3 aromatic rings. The van der Waals surface area contributed by atoms with Crippen LogP contribution in [0.2, 0.25) is 0 Å². The number of esters is 1. The number of hydrogen-bond acceptors (Lipinski definition) is 7. The van der Waals surface area contributed by atoms with Gasteiger partial charge in [0.1, 0.15) is 5.69 Å². The van der Waals surface area contributed by atoms with E-state index in [2.05, 4.69) is 5.32 Å². The maximum Gasteiger partial charge on any atom is 0.339 e. The van der Waals surface area contributed by atoms with E-state index in [-0.39, 0.29) is 16.9 Å². The molecule has 0 radical (unpaired) electrons. The second-order valence-electron chi connectivity index (χ2n) is 7.03. The van der Waals surface area contributed by atoms with E-state index in [4.69, 9.17) is 14.2 Å². The summed E-state index contributed by atoms with van der Waals surface area (Å²) in [5.74, 6) is -0.763. The first-order chi connectivity index (χ1) is 15.8. The second kappa shape index (κ2) is 10.3. The molecule has 1 amide bonds. The minimum atomic E-state index is -1.35. The van der Waals surface area contributed by atoms with Gasteiger partial charge in [-0.2, -0.15) is 0 Å². The first kappa shape index (κ1) is 23.3. The molecule has 0 bridgehead atoms. The SMILES string of the molecule is COc1ccc(C(=O)OC(C(=O)Nc2ccc(C)cc2[N+](=O)[O-])c2ccccc2)cc1OC. The zero-order valence-electron chi connectivity index (χ0n) is 18.2. The molecule has 1 unspecified atom stereocenters. The highest BCUT2D eigenvalue weighted by Gasteiger charge is 2.28. The highest BCUT2D eigenvalue weighted by Crippen LogP contribution is 2.30. The average Bonchev–Trinajstić information content (AvgIpc) is 2.83. The topological polar surface area (TPSA) is 117 Å². The van der Waals surface area contributed by atoms with Gasteiger partial charge >= 0.3 is 5.97 Å². The highest BCUT2D eigenvalue weighted by molar-refractivity contribution is 5.99. The fourth-order valence-corrected chi connectivity index (χ4v) is 3.14. The maximum absolute atomic E-state index is 13.1. The number of nitrogens with zero attached hydrogens (tertiary/aromatic N) is 1. The van der Waals surface area contributed by atoms with E-state index in [1.165, 1.54) is 38.5 Å². The molecule has 9 nitrogen and oxygen atoms in total. The number of rotatable bonds is 8. The van der Waals surface area contributed by atoms with E-state index in [0.717, 1.165) is 0 Å². The Morgan fingerprint density at radius 3 is 2.27 bits per heavy atom. The lowest BCUT2D eigenvalue weighted by Gasteiger charge is -2.18. The van der Waals surface area contributed by atoms with Crippen molar-refractivity contribution >= 4 is 23.3 Å². The summed E-state index contributed by atoms with van der Waals surface area (Å²) in [4.78, 5) is 36.8. The number of nitrogens with one attached hydrogen (secondary N) is 1. The third kappa shape index (κ3) is 5.45. The largest absolute Gasteiger partial charge is 0.493 e. The molecule has 0 aromatic heterocycles. The lowest BCUT2D eigenvalue weighted by Crippen LogP contribution is -2.26.